The summed E-state index contributed by atoms with van der Waals surface area (Å²) in [5, 5.41) is 14.9. The number of anilines is 1. The molecule has 0 unspecified atom stereocenters. The van der Waals surface area contributed by atoms with Crippen molar-refractivity contribution in [3.05, 3.63) is 53.9 Å². The van der Waals surface area contributed by atoms with Crippen molar-refractivity contribution in [2.24, 2.45) is 0 Å². The van der Waals surface area contributed by atoms with Crippen LogP contribution in [-0.4, -0.2) is 33.4 Å². The number of ether oxygens (including phenoxy) is 2. The lowest BCUT2D eigenvalue weighted by atomic mass is 10.0. The maximum absolute atomic E-state index is 13.1. The zero-order valence-corrected chi connectivity index (χ0v) is 15.7. The van der Waals surface area contributed by atoms with Crippen LogP contribution in [0.1, 0.15) is 25.2 Å². The lowest BCUT2D eigenvalue weighted by Crippen LogP contribution is -2.32. The monoisotopic (exact) mass is 405 g/mol. The van der Waals surface area contributed by atoms with Crippen LogP contribution in [0, 0.1) is 0 Å². The summed E-state index contributed by atoms with van der Waals surface area (Å²) >= 11 is 0. The van der Waals surface area contributed by atoms with Crippen molar-refractivity contribution >= 4 is 5.69 Å². The first-order chi connectivity index (χ1) is 13.7. The Morgan fingerprint density at radius 1 is 1.00 bits per heavy atom. The first-order valence-electron chi connectivity index (χ1n) is 8.88. The number of aromatic nitrogens is 4. The number of rotatable bonds is 4. The predicted octanol–water partition coefficient (Wildman–Crippen LogP) is 3.80. The molecule has 0 fully saturated rings. The van der Waals surface area contributed by atoms with Crippen LogP contribution in [0.2, 0.25) is 0 Å². The van der Waals surface area contributed by atoms with Gasteiger partial charge in [0.25, 0.3) is 0 Å². The summed E-state index contributed by atoms with van der Waals surface area (Å²) in [6.07, 6.45) is -4.46. The highest BCUT2D eigenvalue weighted by atomic mass is 19.4. The normalized spacial score (nSPS) is 14.0. The highest BCUT2D eigenvalue weighted by molar-refractivity contribution is 5.56. The molecule has 2 heterocycles. The van der Waals surface area contributed by atoms with Gasteiger partial charge in [-0.2, -0.15) is 17.9 Å². The van der Waals surface area contributed by atoms with E-state index in [9.17, 15) is 13.2 Å². The van der Waals surface area contributed by atoms with Gasteiger partial charge < -0.3 is 14.8 Å². The van der Waals surface area contributed by atoms with Crippen LogP contribution in [0.4, 0.5) is 18.9 Å². The number of nitrogens with one attached hydrogen (secondary N) is 1. The summed E-state index contributed by atoms with van der Waals surface area (Å²) in [4.78, 5) is 0. The third kappa shape index (κ3) is 3.82. The van der Waals surface area contributed by atoms with Gasteiger partial charge in [-0.3, -0.25) is 0 Å². The van der Waals surface area contributed by atoms with Gasteiger partial charge in [0, 0.05) is 11.8 Å². The summed E-state index contributed by atoms with van der Waals surface area (Å²) in [6.45, 7) is 4.63. The summed E-state index contributed by atoms with van der Waals surface area (Å²) in [7, 11) is 0. The van der Waals surface area contributed by atoms with Crippen LogP contribution in [0.5, 0.6) is 11.5 Å². The Morgan fingerprint density at radius 3 is 2.52 bits per heavy atom. The van der Waals surface area contributed by atoms with Crippen molar-refractivity contribution in [3.8, 4) is 17.2 Å². The molecule has 1 aromatic heterocycles. The van der Waals surface area contributed by atoms with E-state index in [1.54, 1.807) is 12.1 Å². The first kappa shape index (κ1) is 19.0. The molecule has 29 heavy (non-hydrogen) atoms. The Kier molecular flexibility index (Phi) is 4.56. The standard InChI is InChI=1S/C19H18F3N5O2/c1-18(2,23-13-6-7-15-16(11-13)29-9-8-28-15)17-24-25-26-27(17)14-5-3-4-12(10-14)19(20,21)22/h3-7,10-11,23H,8-9H2,1-2H3. The van der Waals surface area contributed by atoms with Gasteiger partial charge in [-0.1, -0.05) is 6.07 Å². The molecular weight excluding hydrogens is 387 g/mol. The Labute approximate surface area is 164 Å². The number of tetrazole rings is 1. The largest absolute Gasteiger partial charge is 0.486 e. The highest BCUT2D eigenvalue weighted by Crippen LogP contribution is 2.35. The molecule has 0 aliphatic carbocycles. The molecule has 152 valence electrons. The predicted molar refractivity (Wildman–Crippen MR) is 98.2 cm³/mol. The van der Waals surface area contributed by atoms with Crippen LogP contribution in [0.25, 0.3) is 5.69 Å². The molecule has 0 atom stereocenters. The molecule has 1 N–H and O–H groups in total. The molecule has 0 bridgehead atoms. The third-order valence-electron chi connectivity index (χ3n) is 4.45. The zero-order valence-electron chi connectivity index (χ0n) is 15.7. The molecule has 1 aliphatic rings. The lowest BCUT2D eigenvalue weighted by molar-refractivity contribution is -0.137. The SMILES string of the molecule is CC(C)(Nc1ccc2c(c1)OCCO2)c1nnnn1-c1cccc(C(F)(F)F)c1. The van der Waals surface area contributed by atoms with Gasteiger partial charge in [0.2, 0.25) is 0 Å². The van der Waals surface area contributed by atoms with Crippen molar-refractivity contribution in [2.45, 2.75) is 25.6 Å². The second-order valence-electron chi connectivity index (χ2n) is 7.07. The fraction of sp³-hybridized carbons (Fsp3) is 0.316. The molecule has 2 aromatic carbocycles. The van der Waals surface area contributed by atoms with Gasteiger partial charge in [0.15, 0.2) is 17.3 Å². The van der Waals surface area contributed by atoms with E-state index < -0.39 is 17.3 Å². The molecule has 0 spiro atoms. The summed E-state index contributed by atoms with van der Waals surface area (Å²) < 4.78 is 51.6. The van der Waals surface area contributed by atoms with Gasteiger partial charge in [-0.25, -0.2) is 0 Å². The molecule has 0 saturated heterocycles. The fourth-order valence-electron chi connectivity index (χ4n) is 3.10. The maximum Gasteiger partial charge on any atom is 0.416 e. The van der Waals surface area contributed by atoms with Crippen LogP contribution in [0.15, 0.2) is 42.5 Å². The molecule has 7 nitrogen and oxygen atoms in total. The minimum absolute atomic E-state index is 0.219. The Balaban J connectivity index is 1.65. The zero-order chi connectivity index (χ0) is 20.6. The van der Waals surface area contributed by atoms with E-state index in [0.717, 1.165) is 17.8 Å². The molecule has 3 aromatic rings. The van der Waals surface area contributed by atoms with E-state index in [1.807, 2.05) is 19.9 Å². The maximum atomic E-state index is 13.1. The van der Waals surface area contributed by atoms with Crippen LogP contribution < -0.4 is 14.8 Å². The fourth-order valence-corrected chi connectivity index (χ4v) is 3.10. The quantitative estimate of drug-likeness (QED) is 0.712. The smallest absolute Gasteiger partial charge is 0.416 e. The minimum atomic E-state index is -4.46. The third-order valence-corrected chi connectivity index (χ3v) is 4.45. The van der Waals surface area contributed by atoms with Crippen molar-refractivity contribution < 1.29 is 22.6 Å². The van der Waals surface area contributed by atoms with Gasteiger partial charge in [-0.05, 0) is 54.6 Å². The van der Waals surface area contributed by atoms with Crippen LogP contribution >= 0.6 is 0 Å². The lowest BCUT2D eigenvalue weighted by Gasteiger charge is -2.27. The van der Waals surface area contributed by atoms with Crippen LogP contribution in [-0.2, 0) is 11.7 Å². The van der Waals surface area contributed by atoms with E-state index in [1.165, 1.54) is 16.8 Å². The molecule has 0 radical (unpaired) electrons. The summed E-state index contributed by atoms with van der Waals surface area (Å²) in [6, 6.07) is 10.3. The number of benzene rings is 2. The van der Waals surface area contributed by atoms with Crippen molar-refractivity contribution in [2.75, 3.05) is 18.5 Å². The van der Waals surface area contributed by atoms with E-state index in [0.29, 0.717) is 30.5 Å². The number of nitrogens with zero attached hydrogens (tertiary/aromatic N) is 4. The minimum Gasteiger partial charge on any atom is -0.486 e. The van der Waals surface area contributed by atoms with E-state index >= 15 is 0 Å². The van der Waals surface area contributed by atoms with Crippen LogP contribution in [0.3, 0.4) is 0 Å². The van der Waals surface area contributed by atoms with Gasteiger partial charge >= 0.3 is 6.18 Å². The Hall–Kier alpha value is -3.30. The average Bonchev–Trinajstić information content (AvgIpc) is 3.18. The van der Waals surface area contributed by atoms with Gasteiger partial charge in [0.05, 0.1) is 16.8 Å². The number of fused-ring (bicyclic) bond motifs is 1. The summed E-state index contributed by atoms with van der Waals surface area (Å²) in [5.74, 6) is 1.63. The average molecular weight is 405 g/mol. The molecule has 0 amide bonds. The Morgan fingerprint density at radius 2 is 1.76 bits per heavy atom. The molecule has 1 aliphatic heterocycles. The topological polar surface area (TPSA) is 74.1 Å². The van der Waals surface area contributed by atoms with Gasteiger partial charge in [0.1, 0.15) is 13.2 Å². The highest BCUT2D eigenvalue weighted by Gasteiger charge is 2.32. The van der Waals surface area contributed by atoms with E-state index in [4.69, 9.17) is 9.47 Å². The number of hydrogen-bond acceptors (Lipinski definition) is 6. The Bertz CT molecular complexity index is 1030. The van der Waals surface area contributed by atoms with Crippen molar-refractivity contribution in [3.63, 3.8) is 0 Å². The summed E-state index contributed by atoms with van der Waals surface area (Å²) in [5.41, 5.74) is -0.620. The van der Waals surface area contributed by atoms with E-state index in [2.05, 4.69) is 20.8 Å². The van der Waals surface area contributed by atoms with E-state index in [-0.39, 0.29) is 5.69 Å². The molecular formula is C19H18F3N5O2. The first-order valence-corrected chi connectivity index (χ1v) is 8.88. The van der Waals surface area contributed by atoms with Crippen molar-refractivity contribution in [1.82, 2.24) is 20.2 Å². The second-order valence-corrected chi connectivity index (χ2v) is 7.07. The van der Waals surface area contributed by atoms with Gasteiger partial charge in [-0.15, -0.1) is 5.10 Å². The number of alkyl halides is 3. The molecule has 10 heteroatoms. The van der Waals surface area contributed by atoms with Crippen molar-refractivity contribution in [1.29, 1.82) is 0 Å². The molecule has 0 saturated carbocycles. The number of halogens is 3. The number of hydrogen-bond donors (Lipinski definition) is 1. The second kappa shape index (κ2) is 6.94. The molecule has 4 rings (SSSR count).